The van der Waals surface area contributed by atoms with Crippen molar-refractivity contribution in [3.63, 3.8) is 0 Å². The van der Waals surface area contributed by atoms with Crippen LogP contribution in [0.25, 0.3) is 0 Å². The van der Waals surface area contributed by atoms with Crippen molar-refractivity contribution in [1.29, 1.82) is 0 Å². The minimum absolute atomic E-state index is 0.0137. The van der Waals surface area contributed by atoms with Crippen molar-refractivity contribution < 1.29 is 13.9 Å². The molecule has 2 aromatic rings. The maximum atomic E-state index is 14.8. The lowest BCUT2D eigenvalue weighted by molar-refractivity contribution is -0.202. The summed E-state index contributed by atoms with van der Waals surface area (Å²) in [6, 6.07) is 11.7. The van der Waals surface area contributed by atoms with Gasteiger partial charge < -0.3 is 9.64 Å². The highest BCUT2D eigenvalue weighted by Gasteiger charge is 2.54. The van der Waals surface area contributed by atoms with E-state index in [9.17, 15) is 9.18 Å². The number of hydrogen-bond donors (Lipinski definition) is 0. The SMILES string of the molecule is C=CC[C@]1(C)OC(c2cccc(Cl)c2)C(c2ccc(Cl)c(F)c2)N(C(CSC(C)(C)C)C2CC2)C1=O. The van der Waals surface area contributed by atoms with Gasteiger partial charge in [0.15, 0.2) is 0 Å². The maximum absolute atomic E-state index is 14.8. The van der Waals surface area contributed by atoms with Crippen molar-refractivity contribution in [3.05, 3.63) is 82.1 Å². The fourth-order valence-electron chi connectivity index (χ4n) is 4.93. The van der Waals surface area contributed by atoms with Crippen molar-refractivity contribution in [3.8, 4) is 0 Å². The molecule has 4 rings (SSSR count). The van der Waals surface area contributed by atoms with E-state index >= 15 is 0 Å². The molecule has 1 aliphatic carbocycles. The Morgan fingerprint density at radius 2 is 1.94 bits per heavy atom. The van der Waals surface area contributed by atoms with Crippen molar-refractivity contribution >= 4 is 40.9 Å². The van der Waals surface area contributed by atoms with E-state index in [1.807, 2.05) is 47.9 Å². The highest BCUT2D eigenvalue weighted by molar-refractivity contribution is 8.00. The summed E-state index contributed by atoms with van der Waals surface area (Å²) < 4.78 is 21.5. The largest absolute Gasteiger partial charge is 0.355 e. The zero-order valence-corrected chi connectivity index (χ0v) is 23.6. The highest BCUT2D eigenvalue weighted by atomic mass is 35.5. The number of carbonyl (C=O) groups excluding carboxylic acids is 1. The van der Waals surface area contributed by atoms with Gasteiger partial charge in [0.25, 0.3) is 5.91 Å². The monoisotopic (exact) mass is 549 g/mol. The molecule has 36 heavy (non-hydrogen) atoms. The number of benzene rings is 2. The normalized spacial score (nSPS) is 25.6. The van der Waals surface area contributed by atoms with E-state index in [-0.39, 0.29) is 21.7 Å². The Morgan fingerprint density at radius 3 is 2.53 bits per heavy atom. The smallest absolute Gasteiger partial charge is 0.255 e. The third kappa shape index (κ3) is 5.96. The van der Waals surface area contributed by atoms with Crippen LogP contribution in [0.15, 0.2) is 55.1 Å². The quantitative estimate of drug-likeness (QED) is 0.309. The second-order valence-corrected chi connectivity index (χ2v) is 13.7. The molecule has 3 unspecified atom stereocenters. The molecular formula is C29H34Cl2FNO2S. The van der Waals surface area contributed by atoms with Crippen LogP contribution < -0.4 is 0 Å². The van der Waals surface area contributed by atoms with Crippen molar-refractivity contribution in [2.75, 3.05) is 5.75 Å². The first-order chi connectivity index (χ1) is 16.9. The van der Waals surface area contributed by atoms with Gasteiger partial charge in [-0.15, -0.1) is 6.58 Å². The van der Waals surface area contributed by atoms with E-state index in [0.717, 1.165) is 24.2 Å². The zero-order chi connectivity index (χ0) is 26.3. The van der Waals surface area contributed by atoms with Crippen LogP contribution in [0.1, 0.15) is 70.2 Å². The van der Waals surface area contributed by atoms with Crippen LogP contribution in [-0.4, -0.2) is 32.9 Å². The molecule has 4 atom stereocenters. The Morgan fingerprint density at radius 1 is 1.22 bits per heavy atom. The van der Waals surface area contributed by atoms with Crippen LogP contribution in [0.5, 0.6) is 0 Å². The minimum atomic E-state index is -1.10. The van der Waals surface area contributed by atoms with Gasteiger partial charge >= 0.3 is 0 Å². The minimum Gasteiger partial charge on any atom is -0.355 e. The first-order valence-corrected chi connectivity index (χ1v) is 14.1. The molecule has 0 radical (unpaired) electrons. The number of amides is 1. The van der Waals surface area contributed by atoms with Gasteiger partial charge in [0.05, 0.1) is 11.1 Å². The lowest BCUT2D eigenvalue weighted by Crippen LogP contribution is -2.61. The molecule has 2 aliphatic rings. The number of carbonyl (C=O) groups is 1. The third-order valence-electron chi connectivity index (χ3n) is 6.87. The first-order valence-electron chi connectivity index (χ1n) is 12.4. The summed E-state index contributed by atoms with van der Waals surface area (Å²) in [6.07, 6.45) is 3.69. The topological polar surface area (TPSA) is 29.5 Å². The molecule has 0 aromatic heterocycles. The lowest BCUT2D eigenvalue weighted by atomic mass is 9.85. The summed E-state index contributed by atoms with van der Waals surface area (Å²) in [7, 11) is 0. The van der Waals surface area contributed by atoms with Gasteiger partial charge in [0.1, 0.15) is 17.5 Å². The van der Waals surface area contributed by atoms with E-state index in [1.54, 1.807) is 18.2 Å². The summed E-state index contributed by atoms with van der Waals surface area (Å²) in [4.78, 5) is 16.3. The van der Waals surface area contributed by atoms with Gasteiger partial charge in [-0.05, 0) is 61.1 Å². The molecule has 194 valence electrons. The van der Waals surface area contributed by atoms with E-state index in [0.29, 0.717) is 22.9 Å². The zero-order valence-electron chi connectivity index (χ0n) is 21.3. The third-order valence-corrected chi connectivity index (χ3v) is 8.78. The number of morpholine rings is 1. The summed E-state index contributed by atoms with van der Waals surface area (Å²) >= 11 is 14.3. The van der Waals surface area contributed by atoms with Crippen molar-refractivity contribution in [2.45, 2.75) is 75.5 Å². The van der Waals surface area contributed by atoms with Crippen LogP contribution in [-0.2, 0) is 9.53 Å². The lowest BCUT2D eigenvalue weighted by Gasteiger charge is -2.52. The predicted molar refractivity (Wildman–Crippen MR) is 148 cm³/mol. The Labute approximate surface area is 228 Å². The van der Waals surface area contributed by atoms with Gasteiger partial charge in [-0.25, -0.2) is 4.39 Å². The van der Waals surface area contributed by atoms with Gasteiger partial charge in [-0.3, -0.25) is 4.79 Å². The molecule has 1 amide bonds. The summed E-state index contributed by atoms with van der Waals surface area (Å²) in [5, 5.41) is 0.624. The van der Waals surface area contributed by atoms with Crippen LogP contribution in [0.2, 0.25) is 10.0 Å². The maximum Gasteiger partial charge on any atom is 0.255 e. The summed E-state index contributed by atoms with van der Waals surface area (Å²) in [5.41, 5.74) is 0.395. The average Bonchev–Trinajstić information content (AvgIpc) is 3.63. The van der Waals surface area contributed by atoms with Crippen LogP contribution in [0, 0.1) is 11.7 Å². The number of nitrogens with zero attached hydrogens (tertiary/aromatic N) is 1. The second-order valence-electron chi connectivity index (χ2n) is 11.0. The molecule has 7 heteroatoms. The van der Waals surface area contributed by atoms with Gasteiger partial charge in [0.2, 0.25) is 0 Å². The van der Waals surface area contributed by atoms with Crippen molar-refractivity contribution in [2.24, 2.45) is 5.92 Å². The highest BCUT2D eigenvalue weighted by Crippen LogP contribution is 2.51. The van der Waals surface area contributed by atoms with Crippen LogP contribution >= 0.6 is 35.0 Å². The Kier molecular flexibility index (Phi) is 8.16. The molecule has 2 fully saturated rings. The number of thioether (sulfide) groups is 1. The molecule has 0 N–H and O–H groups in total. The standard InChI is InChI=1S/C29H34Cl2FNO2S/c1-6-14-29(5)27(34)33(24(18-10-11-18)17-36-28(2,3)4)25(19-12-13-22(31)23(32)16-19)26(35-29)20-8-7-9-21(30)15-20/h6-9,12-13,15-16,18,24-26H,1,10-11,14,17H2,2-5H3/t24?,25?,26?,29-/m0/s1. The fourth-order valence-corrected chi connectivity index (χ4v) is 6.35. The molecule has 2 aromatic carbocycles. The number of halogens is 3. The summed E-state index contributed by atoms with van der Waals surface area (Å²) in [6.45, 7) is 12.3. The van der Waals surface area contributed by atoms with Gasteiger partial charge in [-0.1, -0.05) is 68.2 Å². The van der Waals surface area contributed by atoms with Crippen LogP contribution in [0.3, 0.4) is 0 Å². The average molecular weight is 551 g/mol. The molecular weight excluding hydrogens is 516 g/mol. The summed E-state index contributed by atoms with van der Waals surface area (Å²) in [5.74, 6) is 0.582. The van der Waals surface area contributed by atoms with E-state index in [4.69, 9.17) is 27.9 Å². The number of hydrogen-bond acceptors (Lipinski definition) is 3. The number of ether oxygens (including phenoxy) is 1. The molecule has 1 heterocycles. The Hall–Kier alpha value is -1.53. The van der Waals surface area contributed by atoms with Crippen LogP contribution in [0.4, 0.5) is 4.39 Å². The van der Waals surface area contributed by atoms with Crippen molar-refractivity contribution in [1.82, 2.24) is 4.90 Å². The van der Waals surface area contributed by atoms with E-state index < -0.39 is 23.6 Å². The van der Waals surface area contributed by atoms with E-state index in [2.05, 4.69) is 27.4 Å². The Balaban J connectivity index is 1.90. The second kappa shape index (κ2) is 10.7. The molecule has 1 aliphatic heterocycles. The fraction of sp³-hybridized carbons (Fsp3) is 0.483. The van der Waals surface area contributed by atoms with Gasteiger partial charge in [0, 0.05) is 28.0 Å². The predicted octanol–water partition coefficient (Wildman–Crippen LogP) is 8.42. The van der Waals surface area contributed by atoms with Gasteiger partial charge in [-0.2, -0.15) is 11.8 Å². The molecule has 1 saturated carbocycles. The molecule has 1 saturated heterocycles. The molecule has 3 nitrogen and oxygen atoms in total. The number of rotatable bonds is 8. The molecule has 0 spiro atoms. The Bertz CT molecular complexity index is 1130. The van der Waals surface area contributed by atoms with E-state index in [1.165, 1.54) is 6.07 Å². The first kappa shape index (κ1) is 27.5. The molecule has 0 bridgehead atoms.